The van der Waals surface area contributed by atoms with E-state index in [1.165, 1.54) is 0 Å². The van der Waals surface area contributed by atoms with Crippen molar-refractivity contribution in [2.45, 2.75) is 34.1 Å². The molecule has 0 atom stereocenters. The Hall–Kier alpha value is -4.38. The normalized spacial score (nSPS) is 12.2. The maximum Gasteiger partial charge on any atom is 0.336 e. The van der Waals surface area contributed by atoms with Crippen LogP contribution in [-0.2, 0) is 0 Å². The quantitative estimate of drug-likeness (QED) is 0.162. The average Bonchev–Trinajstić information content (AvgIpc) is 2.93. The SMILES string of the molecule is CC[N+](CCC(C)C)=c1ccc2c(-c3ccccc3C(=O)O)c3cc(Nc4ccccc4)c(C)cc3oc-2c1. The van der Waals surface area contributed by atoms with E-state index in [1.54, 1.807) is 12.1 Å². The molecule has 0 unspecified atom stereocenters. The van der Waals surface area contributed by atoms with Crippen LogP contribution in [0.1, 0.15) is 43.1 Å². The Balaban J connectivity index is 1.81. The maximum absolute atomic E-state index is 12.3. The van der Waals surface area contributed by atoms with Crippen LogP contribution in [0.4, 0.5) is 11.4 Å². The van der Waals surface area contributed by atoms with Crippen LogP contribution in [0.3, 0.4) is 0 Å². The molecule has 5 heteroatoms. The van der Waals surface area contributed by atoms with Crippen LogP contribution in [0.5, 0.6) is 0 Å². The van der Waals surface area contributed by atoms with E-state index in [9.17, 15) is 9.90 Å². The summed E-state index contributed by atoms with van der Waals surface area (Å²) >= 11 is 0. The lowest BCUT2D eigenvalue weighted by Gasteiger charge is -2.19. The van der Waals surface area contributed by atoms with Gasteiger partial charge in [0.2, 0.25) is 5.36 Å². The first-order chi connectivity index (χ1) is 18.9. The highest BCUT2D eigenvalue weighted by Crippen LogP contribution is 2.42. The van der Waals surface area contributed by atoms with Crippen molar-refractivity contribution in [3.8, 4) is 22.5 Å². The lowest BCUT2D eigenvalue weighted by atomic mass is 9.90. The lowest BCUT2D eigenvalue weighted by molar-refractivity contribution is 0.0697. The highest BCUT2D eigenvalue weighted by molar-refractivity contribution is 6.08. The molecule has 2 N–H and O–H groups in total. The number of hydrogen-bond donors (Lipinski definition) is 2. The number of aryl methyl sites for hydroxylation is 1. The van der Waals surface area contributed by atoms with E-state index < -0.39 is 5.97 Å². The molecule has 2 aliphatic rings. The summed E-state index contributed by atoms with van der Waals surface area (Å²) in [4.78, 5) is 12.3. The number of fused-ring (bicyclic) bond motifs is 2. The van der Waals surface area contributed by atoms with Gasteiger partial charge in [-0.2, -0.15) is 0 Å². The number of hydrogen-bond acceptors (Lipinski definition) is 3. The van der Waals surface area contributed by atoms with E-state index in [0.29, 0.717) is 11.5 Å². The number of carbonyl (C=O) groups is 1. The summed E-state index contributed by atoms with van der Waals surface area (Å²) in [5.41, 5.74) is 6.36. The summed E-state index contributed by atoms with van der Waals surface area (Å²) in [5.74, 6) is 0.403. The summed E-state index contributed by atoms with van der Waals surface area (Å²) < 4.78 is 8.92. The number of aromatic carboxylic acids is 1. The molecule has 198 valence electrons. The molecule has 1 aliphatic carbocycles. The zero-order chi connectivity index (χ0) is 27.5. The fourth-order valence-electron chi connectivity index (χ4n) is 5.10. The Kier molecular flexibility index (Phi) is 7.51. The van der Waals surface area contributed by atoms with Crippen molar-refractivity contribution in [1.29, 1.82) is 0 Å². The van der Waals surface area contributed by atoms with Gasteiger partial charge in [0.1, 0.15) is 24.4 Å². The molecular weight excluding hydrogens is 484 g/mol. The smallest absolute Gasteiger partial charge is 0.336 e. The zero-order valence-electron chi connectivity index (χ0n) is 23.0. The van der Waals surface area contributed by atoms with Gasteiger partial charge in [-0.15, -0.1) is 0 Å². The molecular formula is C34H35N2O3+. The van der Waals surface area contributed by atoms with Crippen LogP contribution in [0.25, 0.3) is 33.4 Å². The van der Waals surface area contributed by atoms with Gasteiger partial charge in [0.05, 0.1) is 11.6 Å². The second-order valence-electron chi connectivity index (χ2n) is 10.4. The molecule has 0 aromatic heterocycles. The van der Waals surface area contributed by atoms with Crippen LogP contribution in [0.2, 0.25) is 0 Å². The van der Waals surface area contributed by atoms with E-state index in [0.717, 1.165) is 69.7 Å². The van der Waals surface area contributed by atoms with Crippen LogP contribution in [0.15, 0.2) is 89.3 Å². The maximum atomic E-state index is 12.3. The van der Waals surface area contributed by atoms with Crippen molar-refractivity contribution in [3.63, 3.8) is 0 Å². The molecule has 0 amide bonds. The van der Waals surface area contributed by atoms with Crippen LogP contribution in [-0.4, -0.2) is 24.2 Å². The largest absolute Gasteiger partial charge is 0.478 e. The molecule has 0 bridgehead atoms. The van der Waals surface area contributed by atoms with Gasteiger partial charge >= 0.3 is 5.97 Å². The summed E-state index contributed by atoms with van der Waals surface area (Å²) in [6, 6.07) is 27.6. The molecule has 0 spiro atoms. The third kappa shape index (κ3) is 5.44. The van der Waals surface area contributed by atoms with Gasteiger partial charge in [-0.05, 0) is 67.3 Å². The first kappa shape index (κ1) is 26.2. The van der Waals surface area contributed by atoms with Gasteiger partial charge in [0, 0.05) is 40.4 Å². The number of para-hydroxylation sites is 1. The number of nitrogens with zero attached hydrogens (tertiary/aromatic N) is 1. The number of carboxylic acid groups (broad SMARTS) is 1. The number of anilines is 2. The number of rotatable bonds is 8. The predicted molar refractivity (Wildman–Crippen MR) is 160 cm³/mol. The zero-order valence-corrected chi connectivity index (χ0v) is 23.0. The standard InChI is InChI=1S/C34H34N2O3/c1-5-36(18-17-22(2)3)25-15-16-28-32(20-25)39-31-19-23(4)30(35-24-11-7-6-8-12-24)21-29(31)33(28)26-13-9-10-14-27(26)34(37)38/h6-16,19-22,35H,5,17-18H2,1-4H3/p+1. The minimum absolute atomic E-state index is 0.264. The Morgan fingerprint density at radius 2 is 1.69 bits per heavy atom. The van der Waals surface area contributed by atoms with E-state index >= 15 is 0 Å². The topological polar surface area (TPSA) is 65.5 Å². The second-order valence-corrected chi connectivity index (χ2v) is 10.4. The molecule has 0 fully saturated rings. The van der Waals surface area contributed by atoms with Gasteiger partial charge in [-0.25, -0.2) is 9.37 Å². The fourth-order valence-corrected chi connectivity index (χ4v) is 5.10. The summed E-state index contributed by atoms with van der Waals surface area (Å²) in [5, 5.41) is 15.6. The van der Waals surface area contributed by atoms with Crippen molar-refractivity contribution in [3.05, 3.63) is 101 Å². The predicted octanol–water partition coefficient (Wildman–Crippen LogP) is 7.79. The Morgan fingerprint density at radius 3 is 2.41 bits per heavy atom. The van der Waals surface area contributed by atoms with E-state index in [1.807, 2.05) is 48.5 Å². The van der Waals surface area contributed by atoms with E-state index in [2.05, 4.69) is 61.9 Å². The highest BCUT2D eigenvalue weighted by atomic mass is 16.4. The van der Waals surface area contributed by atoms with Crippen molar-refractivity contribution < 1.29 is 14.3 Å². The second kappa shape index (κ2) is 11.2. The molecule has 0 saturated carbocycles. The number of benzene rings is 4. The van der Waals surface area contributed by atoms with Crippen molar-refractivity contribution >= 4 is 28.3 Å². The van der Waals surface area contributed by atoms with E-state index in [4.69, 9.17) is 4.42 Å². The van der Waals surface area contributed by atoms with Crippen LogP contribution >= 0.6 is 0 Å². The molecule has 0 saturated heterocycles. The van der Waals surface area contributed by atoms with Gasteiger partial charge in [-0.3, -0.25) is 0 Å². The highest BCUT2D eigenvalue weighted by Gasteiger charge is 2.23. The van der Waals surface area contributed by atoms with Crippen molar-refractivity contribution in [1.82, 2.24) is 4.58 Å². The Labute approximate surface area is 229 Å². The Bertz CT molecular complexity index is 1680. The van der Waals surface area contributed by atoms with Gasteiger partial charge < -0.3 is 14.8 Å². The molecule has 3 aromatic rings. The number of carboxylic acids is 1. The third-order valence-corrected chi connectivity index (χ3v) is 7.25. The van der Waals surface area contributed by atoms with Gasteiger partial charge in [0.25, 0.3) is 0 Å². The fraction of sp³-hybridized carbons (Fsp3) is 0.235. The van der Waals surface area contributed by atoms with Gasteiger partial charge in [-0.1, -0.05) is 50.2 Å². The molecule has 3 aromatic carbocycles. The summed E-state index contributed by atoms with van der Waals surface area (Å²) in [6.45, 7) is 10.6. The molecule has 1 heterocycles. The minimum atomic E-state index is -0.954. The summed E-state index contributed by atoms with van der Waals surface area (Å²) in [6.07, 6.45) is 1.11. The van der Waals surface area contributed by atoms with Crippen LogP contribution < -0.4 is 15.2 Å². The molecule has 1 aliphatic heterocycles. The summed E-state index contributed by atoms with van der Waals surface area (Å²) in [7, 11) is 0. The number of nitrogens with one attached hydrogen (secondary N) is 1. The first-order valence-electron chi connectivity index (χ1n) is 13.6. The first-order valence-corrected chi connectivity index (χ1v) is 13.6. The monoisotopic (exact) mass is 519 g/mol. The van der Waals surface area contributed by atoms with Crippen molar-refractivity contribution in [2.75, 3.05) is 18.4 Å². The molecule has 39 heavy (non-hydrogen) atoms. The Morgan fingerprint density at radius 1 is 0.949 bits per heavy atom. The third-order valence-electron chi connectivity index (χ3n) is 7.25. The van der Waals surface area contributed by atoms with Gasteiger partial charge in [0.15, 0.2) is 0 Å². The minimum Gasteiger partial charge on any atom is -0.478 e. The molecule has 5 rings (SSSR count). The molecule has 5 nitrogen and oxygen atoms in total. The van der Waals surface area contributed by atoms with E-state index in [-0.39, 0.29) is 5.56 Å². The lowest BCUT2D eigenvalue weighted by Crippen LogP contribution is -2.31. The van der Waals surface area contributed by atoms with Crippen molar-refractivity contribution in [2.24, 2.45) is 5.92 Å². The average molecular weight is 520 g/mol. The van der Waals surface area contributed by atoms with Crippen LogP contribution in [0, 0.1) is 12.8 Å². The molecule has 0 radical (unpaired) electrons.